The molecule has 0 aliphatic heterocycles. The molecule has 0 saturated heterocycles. The van der Waals surface area contributed by atoms with Gasteiger partial charge in [0.1, 0.15) is 0 Å². The van der Waals surface area contributed by atoms with Crippen LogP contribution in [0.4, 0.5) is 0 Å². The molecule has 0 aromatic heterocycles. The molecule has 0 amide bonds. The van der Waals surface area contributed by atoms with Crippen molar-refractivity contribution in [3.05, 3.63) is 0 Å². The van der Waals surface area contributed by atoms with Crippen molar-refractivity contribution in [3.8, 4) is 0 Å². The molecule has 0 aromatic carbocycles. The second-order valence-corrected chi connectivity index (χ2v) is 4.28. The fourth-order valence-corrected chi connectivity index (χ4v) is 2.29. The van der Waals surface area contributed by atoms with Crippen molar-refractivity contribution in [1.29, 1.82) is 0 Å². The van der Waals surface area contributed by atoms with E-state index in [2.05, 4.69) is 5.39 Å². The van der Waals surface area contributed by atoms with E-state index in [0.717, 1.165) is 13.0 Å². The quantitative estimate of drug-likeness (QED) is 0.508. The van der Waals surface area contributed by atoms with Gasteiger partial charge >= 0.3 is 60.8 Å². The van der Waals surface area contributed by atoms with E-state index in [-0.39, 0.29) is 14.8 Å². The number of rotatable bonds is 3. The van der Waals surface area contributed by atoms with Gasteiger partial charge in [-0.1, -0.05) is 0 Å². The van der Waals surface area contributed by atoms with Crippen LogP contribution in [0.15, 0.2) is 0 Å². The Morgan fingerprint density at radius 3 is 2.67 bits per heavy atom. The number of aliphatic hydroxyl groups excluding tert-OH is 1. The van der Waals surface area contributed by atoms with E-state index in [1.165, 1.54) is 0 Å². The van der Waals surface area contributed by atoms with Crippen molar-refractivity contribution in [2.45, 2.75) is 10.7 Å². The summed E-state index contributed by atoms with van der Waals surface area (Å²) in [6, 6.07) is 0. The van der Waals surface area contributed by atoms with Gasteiger partial charge in [-0.3, -0.25) is 0 Å². The van der Waals surface area contributed by atoms with Gasteiger partial charge in [-0.25, -0.2) is 0 Å². The van der Waals surface area contributed by atoms with Crippen molar-refractivity contribution in [1.82, 2.24) is 0 Å². The van der Waals surface area contributed by atoms with E-state index in [1.807, 2.05) is 0 Å². The third-order valence-corrected chi connectivity index (χ3v) is 4.04. The molecule has 1 fully saturated rings. The predicted molar refractivity (Wildman–Crippen MR) is 39.8 cm³/mol. The van der Waals surface area contributed by atoms with Gasteiger partial charge in [0.15, 0.2) is 0 Å². The van der Waals surface area contributed by atoms with Crippen LogP contribution in [0.5, 0.6) is 0 Å². The third-order valence-electron chi connectivity index (χ3n) is 2.29. The number of nitrogens with two attached hydrogens (primary N) is 1. The van der Waals surface area contributed by atoms with Crippen LogP contribution in [-0.4, -0.2) is 38.4 Å². The molecule has 0 spiro atoms. The van der Waals surface area contributed by atoms with Crippen LogP contribution < -0.4 is 5.73 Å². The molecule has 1 rings (SSSR count). The van der Waals surface area contributed by atoms with Gasteiger partial charge in [0.05, 0.1) is 0 Å². The molecule has 50 valence electrons. The van der Waals surface area contributed by atoms with Crippen molar-refractivity contribution >= 4 is 20.2 Å². The van der Waals surface area contributed by atoms with Gasteiger partial charge in [-0.15, -0.1) is 0 Å². The summed E-state index contributed by atoms with van der Waals surface area (Å²) in [5, 5.41) is 12.6. The molecule has 1 aliphatic carbocycles. The normalized spacial score (nSPS) is 40.0. The van der Waals surface area contributed by atoms with E-state index in [0.29, 0.717) is 16.8 Å². The first-order valence-corrected chi connectivity index (χ1v) is 4.63. The van der Waals surface area contributed by atoms with Crippen LogP contribution in [-0.2, 0) is 0 Å². The molecule has 1 saturated carbocycles. The molecule has 3 heteroatoms. The maximum absolute atomic E-state index is 8.73. The molecule has 0 heterocycles. The second-order valence-electron chi connectivity index (χ2n) is 2.73. The van der Waals surface area contributed by atoms with Crippen LogP contribution in [0, 0.1) is 5.92 Å². The summed E-state index contributed by atoms with van der Waals surface area (Å²) in [6.07, 6.45) is 1.11. The molecule has 3 N–H and O–H groups in total. The fourth-order valence-electron chi connectivity index (χ4n) is 1.23. The summed E-state index contributed by atoms with van der Waals surface area (Å²) < 4.78 is 0.300. The second kappa shape index (κ2) is 2.51. The van der Waals surface area contributed by atoms with Crippen molar-refractivity contribution in [2.75, 3.05) is 13.2 Å². The number of aliphatic hydroxyl groups is 1. The zero-order valence-electron chi connectivity index (χ0n) is 5.51. The SMILES string of the molecule is [CH2]=[Al][C]1(CN)CC1CO. The van der Waals surface area contributed by atoms with E-state index in [1.54, 1.807) is 0 Å². The molecule has 0 radical (unpaired) electrons. The van der Waals surface area contributed by atoms with Gasteiger partial charge in [-0.2, -0.15) is 0 Å². The summed E-state index contributed by atoms with van der Waals surface area (Å²) in [5.74, 6) is 0.481. The average molecular weight is 141 g/mol. The molecule has 1 aliphatic rings. The Hall–Kier alpha value is 0.322. The monoisotopic (exact) mass is 141 g/mol. The number of hydrogen-bond donors (Lipinski definition) is 2. The zero-order chi connectivity index (χ0) is 6.91. The molecule has 9 heavy (non-hydrogen) atoms. The van der Waals surface area contributed by atoms with Gasteiger partial charge in [0.2, 0.25) is 0 Å². The summed E-state index contributed by atoms with van der Waals surface area (Å²) in [6.45, 7) is 1.02. The van der Waals surface area contributed by atoms with Gasteiger partial charge in [0, 0.05) is 0 Å². The van der Waals surface area contributed by atoms with Crippen molar-refractivity contribution < 1.29 is 5.11 Å². The van der Waals surface area contributed by atoms with Gasteiger partial charge in [-0.05, 0) is 0 Å². The van der Waals surface area contributed by atoms with Gasteiger partial charge < -0.3 is 0 Å². The molecule has 2 atom stereocenters. The molecule has 2 unspecified atom stereocenters. The standard InChI is InChI=1S/C5H10NO.CH2.Al/c6-2-4-1-5(4)3-7;;/h5,7H,1-3,6H2;1H2;. The topological polar surface area (TPSA) is 46.2 Å². The summed E-state index contributed by atoms with van der Waals surface area (Å²) in [5.41, 5.74) is 5.52. The Morgan fingerprint density at radius 2 is 2.56 bits per heavy atom. The number of hydrogen-bond acceptors (Lipinski definition) is 2. The Labute approximate surface area is 61.3 Å². The van der Waals surface area contributed by atoms with Crippen LogP contribution in [0.2, 0.25) is 4.28 Å². The van der Waals surface area contributed by atoms with E-state index >= 15 is 0 Å². The fraction of sp³-hybridized carbons (Fsp3) is 0.833. The molecule has 0 aromatic rings. The predicted octanol–water partition coefficient (Wildman–Crippen LogP) is -0.748. The average Bonchev–Trinajstić information content (AvgIpc) is 2.63. The summed E-state index contributed by atoms with van der Waals surface area (Å²) in [7, 11) is 0. The van der Waals surface area contributed by atoms with Crippen molar-refractivity contribution in [2.24, 2.45) is 11.7 Å². The van der Waals surface area contributed by atoms with Gasteiger partial charge in [0.25, 0.3) is 0 Å². The minimum atomic E-state index is 0.204. The van der Waals surface area contributed by atoms with Crippen LogP contribution in [0.1, 0.15) is 6.42 Å². The minimum absolute atomic E-state index is 0.204. The zero-order valence-corrected chi connectivity index (χ0v) is 6.66. The Kier molecular flexibility index (Phi) is 2.08. The maximum atomic E-state index is 8.73. The summed E-state index contributed by atoms with van der Waals surface area (Å²) >= 11 is 0.204. The van der Waals surface area contributed by atoms with Crippen LogP contribution in [0.25, 0.3) is 0 Å². The first-order chi connectivity index (χ1) is 4.29. The van der Waals surface area contributed by atoms with E-state index in [9.17, 15) is 0 Å². The van der Waals surface area contributed by atoms with Crippen LogP contribution in [0.3, 0.4) is 0 Å². The van der Waals surface area contributed by atoms with E-state index < -0.39 is 0 Å². The molecule has 2 nitrogen and oxygen atoms in total. The third kappa shape index (κ3) is 1.11. The molecular weight excluding hydrogens is 129 g/mol. The summed E-state index contributed by atoms with van der Waals surface area (Å²) in [4.78, 5) is 0. The first-order valence-electron chi connectivity index (χ1n) is 3.23. The van der Waals surface area contributed by atoms with Crippen molar-refractivity contribution in [3.63, 3.8) is 0 Å². The Balaban J connectivity index is 2.46. The van der Waals surface area contributed by atoms with E-state index in [4.69, 9.17) is 10.8 Å². The first kappa shape index (κ1) is 7.43. The molecule has 0 bridgehead atoms. The Bertz CT molecular complexity index is 128. The Morgan fingerprint density at radius 1 is 1.89 bits per heavy atom. The molecular formula is C6H12AlNO. The van der Waals surface area contributed by atoms with Crippen LogP contribution >= 0.6 is 0 Å².